The van der Waals surface area contributed by atoms with Crippen molar-refractivity contribution >= 4 is 0 Å². The van der Waals surface area contributed by atoms with Gasteiger partial charge in [-0.1, -0.05) is 0 Å². The van der Waals surface area contributed by atoms with Crippen LogP contribution < -0.4 is 0 Å². The summed E-state index contributed by atoms with van der Waals surface area (Å²) in [4.78, 5) is 0. The van der Waals surface area contributed by atoms with Crippen LogP contribution in [0.2, 0.25) is 4.64 Å². The van der Waals surface area contributed by atoms with Gasteiger partial charge >= 0.3 is 45.5 Å². The van der Waals surface area contributed by atoms with Crippen molar-refractivity contribution in [2.75, 3.05) is 0 Å². The summed E-state index contributed by atoms with van der Waals surface area (Å²) >= 11 is 2.54. The fourth-order valence-electron chi connectivity index (χ4n) is 0.107. The molecular formula is C4H9Au. The number of hydrogen-bond donors (Lipinski definition) is 0. The SMILES string of the molecule is CCC[CH2][Au]. The van der Waals surface area contributed by atoms with Crippen LogP contribution in [0.4, 0.5) is 0 Å². The first-order chi connectivity index (χ1) is 2.41. The Morgan fingerprint density at radius 2 is 2.20 bits per heavy atom. The molecule has 0 aliphatic heterocycles. The third-order valence-corrected chi connectivity index (χ3v) is 1.23. The Labute approximate surface area is 45.9 Å². The van der Waals surface area contributed by atoms with Crippen LogP contribution in [0.1, 0.15) is 19.8 Å². The quantitative estimate of drug-likeness (QED) is 0.658. The van der Waals surface area contributed by atoms with Gasteiger partial charge in [-0.05, 0) is 0 Å². The van der Waals surface area contributed by atoms with Crippen molar-refractivity contribution < 1.29 is 21.1 Å². The molecule has 0 aliphatic carbocycles. The van der Waals surface area contributed by atoms with Crippen LogP contribution >= 0.6 is 0 Å². The molecule has 36 valence electrons. The number of hydrogen-bond acceptors (Lipinski definition) is 0. The molecule has 0 aromatic rings. The molecule has 0 bridgehead atoms. The maximum absolute atomic E-state index is 2.54. The summed E-state index contributed by atoms with van der Waals surface area (Å²) in [7, 11) is 0. The summed E-state index contributed by atoms with van der Waals surface area (Å²) in [6.45, 7) is 2.20. The fraction of sp³-hybridized carbons (Fsp3) is 1.00. The Hall–Kier alpha value is 0.740. The van der Waals surface area contributed by atoms with E-state index in [-0.39, 0.29) is 0 Å². The van der Waals surface area contributed by atoms with Gasteiger partial charge in [-0.25, -0.2) is 0 Å². The molecule has 0 spiro atoms. The van der Waals surface area contributed by atoms with Crippen LogP contribution in [0.15, 0.2) is 0 Å². The zero-order valence-corrected chi connectivity index (χ0v) is 5.59. The van der Waals surface area contributed by atoms with E-state index in [1.807, 2.05) is 0 Å². The standard InChI is InChI=1S/C4H9.Au/c1-3-4-2;/h1,3-4H2,2H3;. The van der Waals surface area contributed by atoms with E-state index in [4.69, 9.17) is 0 Å². The van der Waals surface area contributed by atoms with Gasteiger partial charge in [0.25, 0.3) is 0 Å². The zero-order valence-electron chi connectivity index (χ0n) is 3.42. The number of rotatable bonds is 2. The summed E-state index contributed by atoms with van der Waals surface area (Å²) in [5, 5.41) is 0. The topological polar surface area (TPSA) is 0 Å². The first kappa shape index (κ1) is 5.74. The van der Waals surface area contributed by atoms with Crippen molar-refractivity contribution in [3.63, 3.8) is 0 Å². The van der Waals surface area contributed by atoms with Gasteiger partial charge in [0.05, 0.1) is 0 Å². The van der Waals surface area contributed by atoms with Gasteiger partial charge in [-0.15, -0.1) is 0 Å². The molecule has 0 saturated carbocycles. The molecule has 0 nitrogen and oxygen atoms in total. The van der Waals surface area contributed by atoms with Crippen molar-refractivity contribution in [1.29, 1.82) is 0 Å². The van der Waals surface area contributed by atoms with E-state index >= 15 is 0 Å². The molecule has 0 saturated heterocycles. The van der Waals surface area contributed by atoms with Gasteiger partial charge in [0.1, 0.15) is 0 Å². The zero-order chi connectivity index (χ0) is 4.12. The molecule has 0 atom stereocenters. The molecular weight excluding hydrogens is 245 g/mol. The van der Waals surface area contributed by atoms with Crippen LogP contribution in [0.3, 0.4) is 0 Å². The van der Waals surface area contributed by atoms with Crippen LogP contribution in [0, 0.1) is 0 Å². The van der Waals surface area contributed by atoms with Crippen molar-refractivity contribution in [2.45, 2.75) is 24.4 Å². The van der Waals surface area contributed by atoms with E-state index in [1.54, 1.807) is 0 Å². The molecule has 0 fully saturated rings. The van der Waals surface area contributed by atoms with Crippen molar-refractivity contribution in [2.24, 2.45) is 0 Å². The Morgan fingerprint density at radius 3 is 2.20 bits per heavy atom. The van der Waals surface area contributed by atoms with Crippen LogP contribution in [0.5, 0.6) is 0 Å². The minimum absolute atomic E-state index is 1.29. The molecule has 0 heterocycles. The van der Waals surface area contributed by atoms with Gasteiger partial charge in [0, 0.05) is 0 Å². The minimum atomic E-state index is 1.29. The molecule has 0 radical (unpaired) electrons. The van der Waals surface area contributed by atoms with E-state index in [1.165, 1.54) is 17.5 Å². The summed E-state index contributed by atoms with van der Waals surface area (Å²) < 4.78 is 1.29. The van der Waals surface area contributed by atoms with E-state index in [0.717, 1.165) is 0 Å². The Balaban J connectivity index is 2.19. The van der Waals surface area contributed by atoms with Gasteiger partial charge in [0.15, 0.2) is 0 Å². The molecule has 0 unspecified atom stereocenters. The second-order valence-corrected chi connectivity index (χ2v) is 2.09. The Morgan fingerprint density at radius 1 is 1.60 bits per heavy atom. The fourth-order valence-corrected chi connectivity index (χ4v) is 0.873. The van der Waals surface area contributed by atoms with Crippen molar-refractivity contribution in [3.8, 4) is 0 Å². The van der Waals surface area contributed by atoms with Gasteiger partial charge in [-0.2, -0.15) is 0 Å². The predicted octanol–water partition coefficient (Wildman–Crippen LogP) is 1.75. The predicted molar refractivity (Wildman–Crippen MR) is 19.7 cm³/mol. The number of unbranched alkanes of at least 4 members (excludes halogenated alkanes) is 1. The molecule has 0 aromatic carbocycles. The molecule has 0 aliphatic rings. The maximum atomic E-state index is 2.54. The van der Waals surface area contributed by atoms with E-state index < -0.39 is 0 Å². The van der Waals surface area contributed by atoms with Gasteiger partial charge < -0.3 is 0 Å². The molecule has 1 heteroatoms. The molecule has 5 heavy (non-hydrogen) atoms. The third kappa shape index (κ3) is 4.74. The normalized spacial score (nSPS) is 8.60. The average Bonchev–Trinajstić information content (AvgIpc) is 1.41. The van der Waals surface area contributed by atoms with Gasteiger partial charge in [-0.3, -0.25) is 0 Å². The van der Waals surface area contributed by atoms with Crippen molar-refractivity contribution in [1.82, 2.24) is 0 Å². The van der Waals surface area contributed by atoms with Crippen LogP contribution in [-0.4, -0.2) is 0 Å². The second-order valence-electron chi connectivity index (χ2n) is 1.00. The van der Waals surface area contributed by atoms with E-state index in [2.05, 4.69) is 28.0 Å². The summed E-state index contributed by atoms with van der Waals surface area (Å²) in [5.74, 6) is 0. The second kappa shape index (κ2) is 4.74. The van der Waals surface area contributed by atoms with Crippen molar-refractivity contribution in [3.05, 3.63) is 0 Å². The Kier molecular flexibility index (Phi) is 5.44. The first-order valence-corrected chi connectivity index (χ1v) is 3.45. The first-order valence-electron chi connectivity index (χ1n) is 1.92. The summed E-state index contributed by atoms with van der Waals surface area (Å²) in [6, 6.07) is 0. The average molecular weight is 254 g/mol. The molecule has 0 amide bonds. The van der Waals surface area contributed by atoms with E-state index in [9.17, 15) is 0 Å². The summed E-state index contributed by atoms with van der Waals surface area (Å²) in [5.41, 5.74) is 0. The van der Waals surface area contributed by atoms with Crippen LogP contribution in [0.25, 0.3) is 0 Å². The molecule has 0 rings (SSSR count). The van der Waals surface area contributed by atoms with Gasteiger partial charge in [0.2, 0.25) is 0 Å². The third-order valence-electron chi connectivity index (χ3n) is 0.460. The summed E-state index contributed by atoms with van der Waals surface area (Å²) in [6.07, 6.45) is 2.69. The Bertz CT molecular complexity index is 11.1. The molecule has 0 N–H and O–H groups in total. The van der Waals surface area contributed by atoms with Crippen LogP contribution in [-0.2, 0) is 21.1 Å². The monoisotopic (exact) mass is 254 g/mol. The molecule has 0 aromatic heterocycles. The van der Waals surface area contributed by atoms with E-state index in [0.29, 0.717) is 0 Å².